The fourth-order valence-corrected chi connectivity index (χ4v) is 3.61. The second-order valence-electron chi connectivity index (χ2n) is 6.20. The number of thioether (sulfide) groups is 1. The molecule has 2 N–H and O–H groups in total. The van der Waals surface area contributed by atoms with Gasteiger partial charge in [-0.3, -0.25) is 14.9 Å². The lowest BCUT2D eigenvalue weighted by Gasteiger charge is -2.22. The summed E-state index contributed by atoms with van der Waals surface area (Å²) in [6, 6.07) is 14.6. The molecule has 1 unspecified atom stereocenters. The van der Waals surface area contributed by atoms with E-state index >= 15 is 0 Å². The molecule has 142 valence electrons. The van der Waals surface area contributed by atoms with E-state index in [0.29, 0.717) is 16.6 Å². The number of nitrogens with one attached hydrogen (secondary N) is 2. The Morgan fingerprint density at radius 1 is 1.25 bits per heavy atom. The van der Waals surface area contributed by atoms with Crippen molar-refractivity contribution in [1.82, 2.24) is 14.8 Å². The van der Waals surface area contributed by atoms with Gasteiger partial charge in [0, 0.05) is 11.4 Å². The molecule has 1 aliphatic rings. The number of carbonyl (C=O) groups excluding carboxylic acids is 2. The molecule has 28 heavy (non-hydrogen) atoms. The molecule has 2 heterocycles. The van der Waals surface area contributed by atoms with Crippen LogP contribution in [0.5, 0.6) is 0 Å². The Morgan fingerprint density at radius 3 is 2.86 bits per heavy atom. The smallest absolute Gasteiger partial charge is 0.249 e. The van der Waals surface area contributed by atoms with E-state index in [-0.39, 0.29) is 18.3 Å². The lowest BCUT2D eigenvalue weighted by molar-refractivity contribution is -0.125. The first-order chi connectivity index (χ1) is 13.6. The monoisotopic (exact) mass is 397 g/mol. The maximum absolute atomic E-state index is 13.3. The van der Waals surface area contributed by atoms with Crippen molar-refractivity contribution in [3.05, 3.63) is 66.0 Å². The van der Waals surface area contributed by atoms with Crippen LogP contribution in [0.1, 0.15) is 18.0 Å². The molecule has 3 aromatic rings. The first-order valence-corrected chi connectivity index (χ1v) is 9.56. The number of hydrogen-bond donors (Lipinski definition) is 2. The number of benzene rings is 2. The average Bonchev–Trinajstić information content (AvgIpc) is 3.09. The van der Waals surface area contributed by atoms with Gasteiger partial charge in [0.1, 0.15) is 11.9 Å². The van der Waals surface area contributed by atoms with Crippen LogP contribution in [-0.2, 0) is 15.3 Å². The Hall–Kier alpha value is -3.20. The summed E-state index contributed by atoms with van der Waals surface area (Å²) in [6.45, 7) is 0. The zero-order valence-corrected chi connectivity index (χ0v) is 15.4. The molecule has 0 aliphatic carbocycles. The van der Waals surface area contributed by atoms with Crippen LogP contribution in [0, 0.1) is 5.82 Å². The normalized spacial score (nSPS) is 15.6. The molecular formula is C19H16FN5O2S. The van der Waals surface area contributed by atoms with E-state index in [9.17, 15) is 14.0 Å². The molecule has 9 heteroatoms. The Morgan fingerprint density at radius 2 is 2.07 bits per heavy atom. The molecule has 0 saturated carbocycles. The highest BCUT2D eigenvalue weighted by Gasteiger charge is 2.33. The number of nitrogens with zero attached hydrogens (tertiary/aromatic N) is 3. The van der Waals surface area contributed by atoms with E-state index in [1.165, 1.54) is 34.6 Å². The number of fused-ring (bicyclic) bond motifs is 1. The maximum atomic E-state index is 13.3. The summed E-state index contributed by atoms with van der Waals surface area (Å²) in [5, 5.41) is 10.1. The van der Waals surface area contributed by atoms with E-state index in [4.69, 9.17) is 0 Å². The van der Waals surface area contributed by atoms with Crippen molar-refractivity contribution >= 4 is 35.2 Å². The molecule has 2 aromatic carbocycles. The highest BCUT2D eigenvalue weighted by Crippen LogP contribution is 2.28. The fraction of sp³-hybridized carbons (Fsp3) is 0.158. The predicted octanol–water partition coefficient (Wildman–Crippen LogP) is 3.23. The molecule has 7 nitrogen and oxygen atoms in total. The van der Waals surface area contributed by atoms with Crippen LogP contribution in [0.25, 0.3) is 0 Å². The molecule has 0 radical (unpaired) electrons. The van der Waals surface area contributed by atoms with Crippen LogP contribution in [0.2, 0.25) is 0 Å². The van der Waals surface area contributed by atoms with Gasteiger partial charge < -0.3 is 5.32 Å². The van der Waals surface area contributed by atoms with Crippen molar-refractivity contribution in [2.24, 2.45) is 0 Å². The molecule has 1 atom stereocenters. The zero-order chi connectivity index (χ0) is 19.5. The number of aromatic nitrogens is 3. The zero-order valence-electron chi connectivity index (χ0n) is 14.6. The number of halogens is 1. The molecule has 1 aromatic heterocycles. The minimum absolute atomic E-state index is 0.0691. The SMILES string of the molecule is O=C1CC(C(=O)Nc2cccc(F)c2)n2nc(SCc3ccccc3)nc2N1. The Labute approximate surface area is 164 Å². The fourth-order valence-electron chi connectivity index (χ4n) is 2.82. The van der Waals surface area contributed by atoms with Crippen molar-refractivity contribution in [1.29, 1.82) is 0 Å². The largest absolute Gasteiger partial charge is 0.324 e. The molecule has 4 rings (SSSR count). The topological polar surface area (TPSA) is 88.9 Å². The van der Waals surface area contributed by atoms with Crippen molar-refractivity contribution in [3.63, 3.8) is 0 Å². The second kappa shape index (κ2) is 7.81. The van der Waals surface area contributed by atoms with E-state index in [1.807, 2.05) is 30.3 Å². The number of hydrogen-bond acceptors (Lipinski definition) is 5. The molecule has 0 bridgehead atoms. The second-order valence-corrected chi connectivity index (χ2v) is 7.15. The highest BCUT2D eigenvalue weighted by atomic mass is 32.2. The minimum atomic E-state index is -0.856. The summed E-state index contributed by atoms with van der Waals surface area (Å²) in [6.07, 6.45) is -0.0691. The van der Waals surface area contributed by atoms with Gasteiger partial charge >= 0.3 is 0 Å². The van der Waals surface area contributed by atoms with Crippen LogP contribution in [0.15, 0.2) is 59.8 Å². The third-order valence-electron chi connectivity index (χ3n) is 4.14. The number of anilines is 2. The molecular weight excluding hydrogens is 381 g/mol. The number of amides is 2. The first-order valence-electron chi connectivity index (χ1n) is 8.58. The minimum Gasteiger partial charge on any atom is -0.324 e. The molecule has 0 fully saturated rings. The van der Waals surface area contributed by atoms with Crippen molar-refractivity contribution < 1.29 is 14.0 Å². The molecule has 0 spiro atoms. The average molecular weight is 397 g/mol. The van der Waals surface area contributed by atoms with Gasteiger partial charge in [-0.1, -0.05) is 48.2 Å². The lowest BCUT2D eigenvalue weighted by atomic mass is 10.1. The predicted molar refractivity (Wildman–Crippen MR) is 103 cm³/mol. The van der Waals surface area contributed by atoms with Gasteiger partial charge in [-0.15, -0.1) is 5.10 Å². The summed E-state index contributed by atoms with van der Waals surface area (Å²) in [4.78, 5) is 29.0. The lowest BCUT2D eigenvalue weighted by Crippen LogP contribution is -2.36. The van der Waals surface area contributed by atoms with Crippen LogP contribution in [0.3, 0.4) is 0 Å². The maximum Gasteiger partial charge on any atom is 0.249 e. The van der Waals surface area contributed by atoms with Crippen LogP contribution in [-0.4, -0.2) is 26.6 Å². The van der Waals surface area contributed by atoms with Gasteiger partial charge in [0.15, 0.2) is 0 Å². The summed E-state index contributed by atoms with van der Waals surface area (Å²) in [5.74, 6) is -0.338. The quantitative estimate of drug-likeness (QED) is 0.646. The third-order valence-corrected chi connectivity index (χ3v) is 5.05. The summed E-state index contributed by atoms with van der Waals surface area (Å²) in [5.41, 5.74) is 1.43. The van der Waals surface area contributed by atoms with E-state index in [1.54, 1.807) is 6.07 Å². The molecule has 0 saturated heterocycles. The molecule has 2 amide bonds. The van der Waals surface area contributed by atoms with Gasteiger partial charge in [0.25, 0.3) is 0 Å². The number of carbonyl (C=O) groups is 2. The van der Waals surface area contributed by atoms with Gasteiger partial charge in [-0.25, -0.2) is 9.07 Å². The van der Waals surface area contributed by atoms with Crippen molar-refractivity contribution in [2.75, 3.05) is 10.6 Å². The Balaban J connectivity index is 1.52. The van der Waals surface area contributed by atoms with E-state index in [2.05, 4.69) is 20.7 Å². The standard InChI is InChI=1S/C19H16FN5O2S/c20-13-7-4-8-14(9-13)21-17(27)15-10-16(26)22-18-23-19(24-25(15)18)28-11-12-5-2-1-3-6-12/h1-9,15H,10-11H2,(H,21,27)(H,22,23,24,26). The Kier molecular flexibility index (Phi) is 5.07. The highest BCUT2D eigenvalue weighted by molar-refractivity contribution is 7.98. The molecule has 1 aliphatic heterocycles. The van der Waals surface area contributed by atoms with Crippen LogP contribution in [0.4, 0.5) is 16.0 Å². The van der Waals surface area contributed by atoms with Crippen molar-refractivity contribution in [2.45, 2.75) is 23.4 Å². The van der Waals surface area contributed by atoms with Crippen molar-refractivity contribution in [3.8, 4) is 0 Å². The van der Waals surface area contributed by atoms with Gasteiger partial charge in [-0.2, -0.15) is 4.98 Å². The summed E-state index contributed by atoms with van der Waals surface area (Å²) >= 11 is 1.41. The van der Waals surface area contributed by atoms with Crippen LogP contribution < -0.4 is 10.6 Å². The van der Waals surface area contributed by atoms with E-state index in [0.717, 1.165) is 5.56 Å². The first kappa shape index (κ1) is 18.2. The Bertz CT molecular complexity index is 1020. The summed E-state index contributed by atoms with van der Waals surface area (Å²) in [7, 11) is 0. The van der Waals surface area contributed by atoms with E-state index < -0.39 is 17.8 Å². The van der Waals surface area contributed by atoms with Gasteiger partial charge in [0.2, 0.25) is 22.9 Å². The van der Waals surface area contributed by atoms with Gasteiger partial charge in [0.05, 0.1) is 6.42 Å². The van der Waals surface area contributed by atoms with Gasteiger partial charge in [-0.05, 0) is 23.8 Å². The number of rotatable bonds is 5. The van der Waals surface area contributed by atoms with Crippen LogP contribution >= 0.6 is 11.8 Å². The summed E-state index contributed by atoms with van der Waals surface area (Å²) < 4.78 is 14.7. The third kappa shape index (κ3) is 4.04.